The van der Waals surface area contributed by atoms with Crippen molar-refractivity contribution in [3.05, 3.63) is 52.8 Å². The first kappa shape index (κ1) is 22.8. The summed E-state index contributed by atoms with van der Waals surface area (Å²) >= 11 is 0. The number of hydrogen-bond acceptors (Lipinski definition) is 11. The molecule has 0 spiro atoms. The van der Waals surface area contributed by atoms with Crippen molar-refractivity contribution in [2.45, 2.75) is 37.3 Å². The molecule has 0 saturated carbocycles. The summed E-state index contributed by atoms with van der Waals surface area (Å²) in [7, 11) is 0. The Morgan fingerprint density at radius 1 is 1.00 bits per heavy atom. The monoisotopic (exact) mass is 462 g/mol. The third-order valence-electron chi connectivity index (χ3n) is 5.49. The Morgan fingerprint density at radius 3 is 2.45 bits per heavy atom. The molecule has 1 saturated heterocycles. The van der Waals surface area contributed by atoms with Crippen molar-refractivity contribution in [1.29, 1.82) is 0 Å². The number of carbonyl (C=O) groups is 1. The minimum Gasteiger partial charge on any atom is -0.504 e. The largest absolute Gasteiger partial charge is 0.504 e. The third kappa shape index (κ3) is 4.19. The van der Waals surface area contributed by atoms with Crippen LogP contribution >= 0.6 is 0 Å². The van der Waals surface area contributed by atoms with Gasteiger partial charge in [-0.25, -0.2) is 0 Å². The van der Waals surface area contributed by atoms with Gasteiger partial charge in [-0.1, -0.05) is 6.07 Å². The van der Waals surface area contributed by atoms with Crippen molar-refractivity contribution in [2.24, 2.45) is 0 Å². The van der Waals surface area contributed by atoms with E-state index in [1.54, 1.807) is 0 Å². The molecule has 2 heterocycles. The van der Waals surface area contributed by atoms with Crippen LogP contribution in [0.25, 0.3) is 6.08 Å². The molecule has 33 heavy (non-hydrogen) atoms. The van der Waals surface area contributed by atoms with E-state index in [0.29, 0.717) is 5.56 Å². The Kier molecular flexibility index (Phi) is 6.15. The Hall–Kier alpha value is -3.35. The zero-order chi connectivity index (χ0) is 23.9. The van der Waals surface area contributed by atoms with Crippen LogP contribution in [-0.2, 0) is 16.1 Å². The molecule has 2 aromatic carbocycles. The number of aliphatic hydroxyl groups excluding tert-OH is 4. The van der Waals surface area contributed by atoms with Gasteiger partial charge < -0.3 is 50.0 Å². The fourth-order valence-electron chi connectivity index (χ4n) is 3.57. The Labute approximate surface area is 186 Å². The lowest BCUT2D eigenvalue weighted by molar-refractivity contribution is -0.277. The minimum absolute atomic E-state index is 0.0467. The second kappa shape index (κ2) is 8.89. The molecular formula is C22H22O11. The molecule has 4 rings (SSSR count). The minimum atomic E-state index is -1.65. The lowest BCUT2D eigenvalue weighted by Gasteiger charge is -2.39. The number of allylic oxidation sites excluding steroid dienone is 1. The average Bonchev–Trinajstić information content (AvgIpc) is 2.82. The molecule has 0 bridgehead atoms. The molecule has 2 aromatic rings. The molecule has 5 atom stereocenters. The lowest BCUT2D eigenvalue weighted by Crippen LogP contribution is -2.60. The van der Waals surface area contributed by atoms with E-state index >= 15 is 0 Å². The molecule has 0 radical (unpaired) electrons. The summed E-state index contributed by atoms with van der Waals surface area (Å²) in [6.07, 6.45) is -6.11. The van der Waals surface area contributed by atoms with E-state index in [0.717, 1.165) is 6.07 Å². The summed E-state index contributed by atoms with van der Waals surface area (Å²) in [5, 5.41) is 68.8. The van der Waals surface area contributed by atoms with Crippen molar-refractivity contribution in [3.8, 4) is 23.0 Å². The van der Waals surface area contributed by atoms with Crippen LogP contribution in [0.15, 0.2) is 36.1 Å². The number of ether oxygens (including phenoxy) is 3. The molecule has 2 aliphatic rings. The summed E-state index contributed by atoms with van der Waals surface area (Å²) in [6, 6.07) is 6.48. The summed E-state index contributed by atoms with van der Waals surface area (Å²) in [4.78, 5) is 12.7. The van der Waals surface area contributed by atoms with Crippen LogP contribution < -0.4 is 4.74 Å². The Balaban J connectivity index is 1.56. The number of Topliss-reactive ketones (excluding diaryl/α,β-unsaturated/α-hetero) is 1. The number of phenolic OH excluding ortho intramolecular Hbond substituents is 3. The number of phenols is 3. The number of fused-ring (bicyclic) bond motifs is 1. The highest BCUT2D eigenvalue weighted by molar-refractivity contribution is 6.10. The highest BCUT2D eigenvalue weighted by Crippen LogP contribution is 2.39. The number of carbonyl (C=O) groups excluding carboxylic acids is 1. The zero-order valence-corrected chi connectivity index (χ0v) is 17.0. The van der Waals surface area contributed by atoms with Gasteiger partial charge in [0.2, 0.25) is 12.1 Å². The van der Waals surface area contributed by atoms with E-state index in [2.05, 4.69) is 0 Å². The molecule has 1 fully saturated rings. The van der Waals surface area contributed by atoms with Gasteiger partial charge in [0.25, 0.3) is 0 Å². The van der Waals surface area contributed by atoms with Gasteiger partial charge in [-0.15, -0.1) is 0 Å². The van der Waals surface area contributed by atoms with E-state index < -0.39 is 48.8 Å². The van der Waals surface area contributed by atoms with Gasteiger partial charge in [-0.2, -0.15) is 0 Å². The van der Waals surface area contributed by atoms with Crippen molar-refractivity contribution < 1.29 is 54.8 Å². The first-order valence-electron chi connectivity index (χ1n) is 9.94. The highest BCUT2D eigenvalue weighted by Gasteiger charge is 2.45. The van der Waals surface area contributed by atoms with Crippen LogP contribution in [0.4, 0.5) is 0 Å². The number of aromatic hydroxyl groups is 3. The predicted octanol–water partition coefficient (Wildman–Crippen LogP) is -0.264. The van der Waals surface area contributed by atoms with Crippen LogP contribution in [0.5, 0.6) is 23.0 Å². The van der Waals surface area contributed by atoms with Crippen LogP contribution in [-0.4, -0.2) is 78.8 Å². The van der Waals surface area contributed by atoms with Gasteiger partial charge in [-0.3, -0.25) is 4.79 Å². The predicted molar refractivity (Wildman–Crippen MR) is 109 cm³/mol. The summed E-state index contributed by atoms with van der Waals surface area (Å²) in [5.74, 6) is -1.88. The fourth-order valence-corrected chi connectivity index (χ4v) is 3.57. The number of ketones is 1. The average molecular weight is 462 g/mol. The van der Waals surface area contributed by atoms with Gasteiger partial charge in [0.1, 0.15) is 31.0 Å². The first-order valence-corrected chi connectivity index (χ1v) is 9.94. The Morgan fingerprint density at radius 2 is 1.76 bits per heavy atom. The normalized spacial score (nSPS) is 26.7. The smallest absolute Gasteiger partial charge is 0.229 e. The van der Waals surface area contributed by atoms with E-state index in [1.165, 1.54) is 30.3 Å². The third-order valence-corrected chi connectivity index (χ3v) is 5.49. The first-order chi connectivity index (χ1) is 15.7. The number of aliphatic hydroxyl groups is 4. The van der Waals surface area contributed by atoms with E-state index in [1.807, 2.05) is 0 Å². The van der Waals surface area contributed by atoms with Crippen LogP contribution in [0.1, 0.15) is 21.5 Å². The quantitative estimate of drug-likeness (QED) is 0.229. The molecule has 11 nitrogen and oxygen atoms in total. The molecular weight excluding hydrogens is 440 g/mol. The van der Waals surface area contributed by atoms with Crippen LogP contribution in [0.2, 0.25) is 0 Å². The lowest BCUT2D eigenvalue weighted by atomic mass is 9.99. The maximum Gasteiger partial charge on any atom is 0.229 e. The number of rotatable bonds is 5. The second-order valence-electron chi connectivity index (χ2n) is 7.63. The standard InChI is InChI=1S/C22H22O11/c23-7-16-19(28)20(29)21(30)22(33-16)32-14-4-2-9-6-15(31-8-11(9)18(14)27)17(26)10-1-3-12(24)13(25)5-10/h1-6,16,19-25,27-30H,7-8H2. The molecule has 5 unspecified atom stereocenters. The molecule has 0 amide bonds. The summed E-state index contributed by atoms with van der Waals surface area (Å²) in [5.41, 5.74) is 0.820. The topological polar surface area (TPSA) is 186 Å². The fraction of sp³-hybridized carbons (Fsp3) is 0.318. The molecule has 2 aliphatic heterocycles. The van der Waals surface area contributed by atoms with Crippen LogP contribution in [0.3, 0.4) is 0 Å². The molecule has 11 heteroatoms. The van der Waals surface area contributed by atoms with Crippen LogP contribution in [0, 0.1) is 0 Å². The maximum absolute atomic E-state index is 12.7. The summed E-state index contributed by atoms with van der Waals surface area (Å²) in [6.45, 7) is -0.829. The number of benzene rings is 2. The van der Waals surface area contributed by atoms with Gasteiger partial charge in [0.05, 0.1) is 6.61 Å². The molecule has 0 aromatic heterocycles. The highest BCUT2D eigenvalue weighted by atomic mass is 16.7. The van der Waals surface area contributed by atoms with Gasteiger partial charge in [0, 0.05) is 11.1 Å². The number of hydrogen-bond donors (Lipinski definition) is 7. The van der Waals surface area contributed by atoms with Gasteiger partial charge in [0.15, 0.2) is 28.8 Å². The molecule has 0 aliphatic carbocycles. The van der Waals surface area contributed by atoms with E-state index in [4.69, 9.17) is 14.2 Å². The van der Waals surface area contributed by atoms with Crippen molar-refractivity contribution >= 4 is 11.9 Å². The van der Waals surface area contributed by atoms with Crippen molar-refractivity contribution in [1.82, 2.24) is 0 Å². The molecule has 176 valence electrons. The summed E-state index contributed by atoms with van der Waals surface area (Å²) < 4.78 is 16.2. The Bertz CT molecular complexity index is 1090. The molecule has 7 N–H and O–H groups in total. The maximum atomic E-state index is 12.7. The van der Waals surface area contributed by atoms with E-state index in [9.17, 15) is 40.5 Å². The van der Waals surface area contributed by atoms with Crippen molar-refractivity contribution in [3.63, 3.8) is 0 Å². The van der Waals surface area contributed by atoms with Crippen molar-refractivity contribution in [2.75, 3.05) is 6.61 Å². The second-order valence-corrected chi connectivity index (χ2v) is 7.63. The van der Waals surface area contributed by atoms with Gasteiger partial charge >= 0.3 is 0 Å². The van der Waals surface area contributed by atoms with E-state index in [-0.39, 0.29) is 40.7 Å². The SMILES string of the molecule is O=C(C1=Cc2ccc(OC3OC(CO)C(O)C(O)C3O)c(O)c2CO1)c1ccc(O)c(O)c1. The van der Waals surface area contributed by atoms with Gasteiger partial charge in [-0.05, 0) is 35.9 Å². The zero-order valence-electron chi connectivity index (χ0n) is 17.0.